The zero-order valence-electron chi connectivity index (χ0n) is 13.3. The van der Waals surface area contributed by atoms with Gasteiger partial charge in [-0.25, -0.2) is 0 Å². The maximum Gasteiger partial charge on any atom is 0.305 e. The third-order valence-corrected chi connectivity index (χ3v) is 3.60. The van der Waals surface area contributed by atoms with Gasteiger partial charge in [0.1, 0.15) is 0 Å². The fraction of sp³-hybridized carbons (Fsp3) is 0.800. The number of carboxylic acids is 1. The molecule has 0 unspecified atom stereocenters. The minimum atomic E-state index is -0.932. The zero-order valence-corrected chi connectivity index (χ0v) is 13.3. The van der Waals surface area contributed by atoms with Crippen molar-refractivity contribution in [3.63, 3.8) is 0 Å². The van der Waals surface area contributed by atoms with E-state index in [1.807, 2.05) is 13.8 Å². The second kappa shape index (κ2) is 8.73. The molecule has 126 valence electrons. The quantitative estimate of drug-likeness (QED) is 0.615. The summed E-state index contributed by atoms with van der Waals surface area (Å²) in [6.45, 7) is 4.66. The molecule has 1 saturated heterocycles. The summed E-state index contributed by atoms with van der Waals surface area (Å²) in [5.41, 5.74) is -0.721. The van der Waals surface area contributed by atoms with Crippen molar-refractivity contribution in [2.45, 2.75) is 64.0 Å². The van der Waals surface area contributed by atoms with Crippen LogP contribution in [0.1, 0.15) is 52.4 Å². The van der Waals surface area contributed by atoms with E-state index in [9.17, 15) is 14.4 Å². The van der Waals surface area contributed by atoms with E-state index in [-0.39, 0.29) is 30.7 Å². The molecule has 0 aromatic rings. The highest BCUT2D eigenvalue weighted by atomic mass is 16.5. The van der Waals surface area contributed by atoms with E-state index in [1.54, 1.807) is 0 Å². The summed E-state index contributed by atoms with van der Waals surface area (Å²) < 4.78 is 5.24. The van der Waals surface area contributed by atoms with Gasteiger partial charge in [-0.1, -0.05) is 0 Å². The summed E-state index contributed by atoms with van der Waals surface area (Å²) in [7, 11) is 0. The van der Waals surface area contributed by atoms with Crippen LogP contribution in [0.25, 0.3) is 0 Å². The lowest BCUT2D eigenvalue weighted by Crippen LogP contribution is -2.53. The van der Waals surface area contributed by atoms with Crippen LogP contribution >= 0.6 is 0 Å². The van der Waals surface area contributed by atoms with Crippen molar-refractivity contribution in [1.29, 1.82) is 0 Å². The predicted molar refractivity (Wildman–Crippen MR) is 80.3 cm³/mol. The van der Waals surface area contributed by atoms with Gasteiger partial charge < -0.3 is 20.5 Å². The SMILES string of the molecule is CC(C)NC(=O)CCCC(=O)NC1(CC(=O)O)CCOCC1. The summed E-state index contributed by atoms with van der Waals surface area (Å²) in [5, 5.41) is 14.6. The topological polar surface area (TPSA) is 105 Å². The molecule has 2 amide bonds. The molecule has 0 aromatic carbocycles. The number of hydrogen-bond acceptors (Lipinski definition) is 4. The standard InChI is InChI=1S/C15H26N2O5/c1-11(2)16-12(18)4-3-5-13(19)17-15(10-14(20)21)6-8-22-9-7-15/h11H,3-10H2,1-2H3,(H,16,18)(H,17,19)(H,20,21). The Balaban J connectivity index is 2.40. The number of nitrogens with one attached hydrogen (secondary N) is 2. The van der Waals surface area contributed by atoms with Crippen molar-refractivity contribution in [2.75, 3.05) is 13.2 Å². The molecule has 3 N–H and O–H groups in total. The van der Waals surface area contributed by atoms with Gasteiger partial charge in [0.15, 0.2) is 0 Å². The van der Waals surface area contributed by atoms with Gasteiger partial charge in [-0.05, 0) is 33.1 Å². The molecule has 1 aliphatic heterocycles. The van der Waals surface area contributed by atoms with Gasteiger partial charge >= 0.3 is 5.97 Å². The molecule has 22 heavy (non-hydrogen) atoms. The predicted octanol–water partition coefficient (Wildman–Crippen LogP) is 0.821. The Morgan fingerprint density at radius 1 is 1.14 bits per heavy atom. The first-order chi connectivity index (χ1) is 10.3. The van der Waals surface area contributed by atoms with Crippen molar-refractivity contribution in [1.82, 2.24) is 10.6 Å². The Morgan fingerprint density at radius 3 is 2.27 bits per heavy atom. The monoisotopic (exact) mass is 314 g/mol. The average molecular weight is 314 g/mol. The van der Waals surface area contributed by atoms with E-state index >= 15 is 0 Å². The molecule has 7 heteroatoms. The fourth-order valence-electron chi connectivity index (χ4n) is 2.56. The highest BCUT2D eigenvalue weighted by molar-refractivity contribution is 5.80. The van der Waals surface area contributed by atoms with Crippen molar-refractivity contribution in [3.05, 3.63) is 0 Å². The summed E-state index contributed by atoms with van der Waals surface area (Å²) >= 11 is 0. The van der Waals surface area contributed by atoms with Crippen molar-refractivity contribution >= 4 is 17.8 Å². The minimum absolute atomic E-state index is 0.0749. The number of ether oxygens (including phenoxy) is 1. The molecule has 0 radical (unpaired) electrons. The van der Waals surface area contributed by atoms with E-state index in [0.29, 0.717) is 38.9 Å². The molecule has 1 rings (SSSR count). The third kappa shape index (κ3) is 6.89. The third-order valence-electron chi connectivity index (χ3n) is 3.60. The molecule has 0 atom stereocenters. The first-order valence-corrected chi connectivity index (χ1v) is 7.73. The van der Waals surface area contributed by atoms with Crippen LogP contribution in [0.4, 0.5) is 0 Å². The first kappa shape index (κ1) is 18.4. The highest BCUT2D eigenvalue weighted by Crippen LogP contribution is 2.24. The Morgan fingerprint density at radius 2 is 1.73 bits per heavy atom. The first-order valence-electron chi connectivity index (χ1n) is 7.73. The van der Waals surface area contributed by atoms with Crippen molar-refractivity contribution in [3.8, 4) is 0 Å². The Kier molecular flexibility index (Phi) is 7.31. The van der Waals surface area contributed by atoms with Crippen LogP contribution in [-0.2, 0) is 19.1 Å². The van der Waals surface area contributed by atoms with Crippen LogP contribution in [0, 0.1) is 0 Å². The molecule has 0 aliphatic carbocycles. The maximum absolute atomic E-state index is 12.0. The van der Waals surface area contributed by atoms with E-state index < -0.39 is 11.5 Å². The second-order valence-corrected chi connectivity index (χ2v) is 6.09. The number of carbonyl (C=O) groups is 3. The fourth-order valence-corrected chi connectivity index (χ4v) is 2.56. The van der Waals surface area contributed by atoms with Crippen LogP contribution in [0.5, 0.6) is 0 Å². The maximum atomic E-state index is 12.0. The summed E-state index contributed by atoms with van der Waals surface area (Å²) in [4.78, 5) is 34.5. The van der Waals surface area contributed by atoms with Gasteiger partial charge in [0.25, 0.3) is 0 Å². The van der Waals surface area contributed by atoms with Crippen LogP contribution in [0.2, 0.25) is 0 Å². The highest BCUT2D eigenvalue weighted by Gasteiger charge is 2.36. The van der Waals surface area contributed by atoms with E-state index in [2.05, 4.69) is 10.6 Å². The van der Waals surface area contributed by atoms with Crippen LogP contribution in [0.3, 0.4) is 0 Å². The van der Waals surface area contributed by atoms with Crippen molar-refractivity contribution in [2.24, 2.45) is 0 Å². The lowest BCUT2D eigenvalue weighted by molar-refractivity contribution is -0.140. The number of rotatable bonds is 8. The number of aliphatic carboxylic acids is 1. The molecule has 0 spiro atoms. The molecular weight excluding hydrogens is 288 g/mol. The van der Waals surface area contributed by atoms with Gasteiger partial charge in [-0.2, -0.15) is 0 Å². The number of carboxylic acid groups (broad SMARTS) is 1. The normalized spacial score (nSPS) is 17.0. The molecule has 1 heterocycles. The summed E-state index contributed by atoms with van der Waals surface area (Å²) in [6, 6.07) is 0.0856. The Labute approximate surface area is 130 Å². The molecule has 0 bridgehead atoms. The Hall–Kier alpha value is -1.63. The summed E-state index contributed by atoms with van der Waals surface area (Å²) in [5.74, 6) is -1.21. The molecular formula is C15H26N2O5. The largest absolute Gasteiger partial charge is 0.481 e. The zero-order chi connectivity index (χ0) is 16.6. The molecule has 1 aliphatic rings. The lowest BCUT2D eigenvalue weighted by Gasteiger charge is -2.36. The van der Waals surface area contributed by atoms with Gasteiger partial charge in [0, 0.05) is 32.1 Å². The summed E-state index contributed by atoms with van der Waals surface area (Å²) in [6.07, 6.45) is 1.85. The van der Waals surface area contributed by atoms with Crippen molar-refractivity contribution < 1.29 is 24.2 Å². The lowest BCUT2D eigenvalue weighted by atomic mass is 9.86. The second-order valence-electron chi connectivity index (χ2n) is 6.09. The van der Waals surface area contributed by atoms with E-state index in [0.717, 1.165) is 0 Å². The number of amides is 2. The number of carbonyl (C=O) groups excluding carboxylic acids is 2. The van der Waals surface area contributed by atoms with Gasteiger partial charge in [-0.3, -0.25) is 14.4 Å². The van der Waals surface area contributed by atoms with Gasteiger partial charge in [0.2, 0.25) is 11.8 Å². The molecule has 1 fully saturated rings. The number of hydrogen-bond donors (Lipinski definition) is 3. The van der Waals surface area contributed by atoms with E-state index in [4.69, 9.17) is 9.84 Å². The molecule has 7 nitrogen and oxygen atoms in total. The van der Waals surface area contributed by atoms with Gasteiger partial charge in [0.05, 0.1) is 12.0 Å². The average Bonchev–Trinajstić information content (AvgIpc) is 2.37. The molecule has 0 saturated carbocycles. The van der Waals surface area contributed by atoms with Crippen LogP contribution < -0.4 is 10.6 Å². The minimum Gasteiger partial charge on any atom is -0.481 e. The van der Waals surface area contributed by atoms with Crippen LogP contribution in [0.15, 0.2) is 0 Å². The Bertz CT molecular complexity index is 403. The van der Waals surface area contributed by atoms with E-state index in [1.165, 1.54) is 0 Å². The van der Waals surface area contributed by atoms with Crippen LogP contribution in [-0.4, -0.2) is 47.7 Å². The molecule has 0 aromatic heterocycles. The van der Waals surface area contributed by atoms with Gasteiger partial charge in [-0.15, -0.1) is 0 Å². The smallest absolute Gasteiger partial charge is 0.305 e.